The van der Waals surface area contributed by atoms with Crippen LogP contribution in [0.5, 0.6) is 0 Å². The zero-order chi connectivity index (χ0) is 20.8. The first-order valence-electron chi connectivity index (χ1n) is 10.1. The molecular formula is C26H27N4+. The molecule has 30 heavy (non-hydrogen) atoms. The number of nitrogens with two attached hydrogens (primary N) is 1. The fourth-order valence-corrected chi connectivity index (χ4v) is 3.21. The van der Waals surface area contributed by atoms with E-state index in [4.69, 9.17) is 0 Å². The summed E-state index contributed by atoms with van der Waals surface area (Å²) in [6.07, 6.45) is 0. The summed E-state index contributed by atoms with van der Waals surface area (Å²) in [5.74, 6) is 0. The van der Waals surface area contributed by atoms with Crippen LogP contribution in [-0.4, -0.2) is 7.05 Å². The lowest BCUT2D eigenvalue weighted by molar-refractivity contribution is -0.478. The molecule has 4 aromatic rings. The first kappa shape index (κ1) is 19.6. The molecule has 0 aliphatic rings. The van der Waals surface area contributed by atoms with Crippen molar-refractivity contribution in [1.82, 2.24) is 0 Å². The molecule has 0 spiro atoms. The second kappa shape index (κ2) is 9.16. The van der Waals surface area contributed by atoms with Gasteiger partial charge in [0, 0.05) is 47.6 Å². The predicted octanol–water partition coefficient (Wildman–Crippen LogP) is 6.05. The third-order valence-corrected chi connectivity index (χ3v) is 4.96. The maximum absolute atomic E-state index is 3.46. The lowest BCUT2D eigenvalue weighted by atomic mass is 10.2. The number of rotatable bonds is 7. The molecule has 0 aromatic heterocycles. The molecule has 4 heteroatoms. The number of anilines is 5. The normalized spacial score (nSPS) is 10.5. The number of benzene rings is 4. The molecule has 150 valence electrons. The van der Waals surface area contributed by atoms with Crippen LogP contribution in [0, 0.1) is 6.92 Å². The molecule has 0 atom stereocenters. The van der Waals surface area contributed by atoms with Crippen LogP contribution in [0.1, 0.15) is 5.56 Å². The van der Waals surface area contributed by atoms with E-state index in [1.807, 2.05) is 7.05 Å². The van der Waals surface area contributed by atoms with Gasteiger partial charge in [-0.15, -0.1) is 0 Å². The molecule has 0 saturated heterocycles. The average molecular weight is 396 g/mol. The van der Waals surface area contributed by atoms with E-state index in [0.717, 1.165) is 28.4 Å². The summed E-state index contributed by atoms with van der Waals surface area (Å²) in [6.45, 7) is 2.11. The van der Waals surface area contributed by atoms with Crippen molar-refractivity contribution in [3.63, 3.8) is 0 Å². The lowest BCUT2D eigenvalue weighted by Crippen LogP contribution is -2.70. The van der Waals surface area contributed by atoms with Crippen LogP contribution in [0.3, 0.4) is 0 Å². The smallest absolute Gasteiger partial charge is 0.134 e. The van der Waals surface area contributed by atoms with Crippen LogP contribution in [0.15, 0.2) is 97.1 Å². The number of nitrogens with one attached hydrogen (secondary N) is 3. The van der Waals surface area contributed by atoms with E-state index in [9.17, 15) is 0 Å². The Morgan fingerprint density at radius 2 is 0.800 bits per heavy atom. The lowest BCUT2D eigenvalue weighted by Gasteiger charge is -2.10. The minimum Gasteiger partial charge on any atom is -0.388 e. The van der Waals surface area contributed by atoms with Gasteiger partial charge in [-0.25, -0.2) is 0 Å². The monoisotopic (exact) mass is 395 g/mol. The van der Waals surface area contributed by atoms with E-state index in [0.29, 0.717) is 0 Å². The molecular weight excluding hydrogens is 368 g/mol. The Hall–Kier alpha value is -3.76. The highest BCUT2D eigenvalue weighted by Crippen LogP contribution is 2.23. The minimum atomic E-state index is 1.06. The maximum Gasteiger partial charge on any atom is 0.134 e. The SMILES string of the molecule is CNc1ccc(Nc2ccc(Nc3ccc([NH2+]c4ccc(C)cc4)cc3)cc2)cc1. The molecule has 0 saturated carbocycles. The van der Waals surface area contributed by atoms with E-state index < -0.39 is 0 Å². The molecule has 5 N–H and O–H groups in total. The molecule has 0 bridgehead atoms. The average Bonchev–Trinajstić information content (AvgIpc) is 2.78. The summed E-state index contributed by atoms with van der Waals surface area (Å²) in [7, 11) is 1.92. The van der Waals surface area contributed by atoms with Gasteiger partial charge in [0.1, 0.15) is 11.4 Å². The summed E-state index contributed by atoms with van der Waals surface area (Å²) < 4.78 is 0. The van der Waals surface area contributed by atoms with Gasteiger partial charge in [0.05, 0.1) is 0 Å². The predicted molar refractivity (Wildman–Crippen MR) is 128 cm³/mol. The summed E-state index contributed by atoms with van der Waals surface area (Å²) in [4.78, 5) is 0. The van der Waals surface area contributed by atoms with Crippen molar-refractivity contribution in [3.05, 3.63) is 103 Å². The Labute approximate surface area is 178 Å². The van der Waals surface area contributed by atoms with Crippen LogP contribution < -0.4 is 21.3 Å². The van der Waals surface area contributed by atoms with Crippen LogP contribution in [0.4, 0.5) is 39.8 Å². The van der Waals surface area contributed by atoms with Gasteiger partial charge in [0.2, 0.25) is 0 Å². The fraction of sp³-hybridized carbons (Fsp3) is 0.0769. The van der Waals surface area contributed by atoms with Gasteiger partial charge >= 0.3 is 0 Å². The van der Waals surface area contributed by atoms with Crippen molar-refractivity contribution >= 4 is 39.8 Å². The minimum absolute atomic E-state index is 1.06. The summed E-state index contributed by atoms with van der Waals surface area (Å²) in [6, 6.07) is 33.6. The van der Waals surface area contributed by atoms with Crippen LogP contribution in [-0.2, 0) is 0 Å². The molecule has 4 aromatic carbocycles. The molecule has 0 amide bonds. The fourth-order valence-electron chi connectivity index (χ4n) is 3.21. The highest BCUT2D eigenvalue weighted by molar-refractivity contribution is 5.67. The molecule has 4 nitrogen and oxygen atoms in total. The molecule has 0 fully saturated rings. The van der Waals surface area contributed by atoms with Gasteiger partial charge in [0.25, 0.3) is 0 Å². The van der Waals surface area contributed by atoms with Gasteiger partial charge < -0.3 is 16.0 Å². The van der Waals surface area contributed by atoms with Crippen molar-refractivity contribution in [2.45, 2.75) is 6.92 Å². The van der Waals surface area contributed by atoms with E-state index in [2.05, 4.69) is 125 Å². The largest absolute Gasteiger partial charge is 0.388 e. The van der Waals surface area contributed by atoms with Crippen LogP contribution >= 0.6 is 0 Å². The molecule has 4 rings (SSSR count). The third-order valence-electron chi connectivity index (χ3n) is 4.96. The van der Waals surface area contributed by atoms with E-state index in [1.54, 1.807) is 0 Å². The molecule has 0 radical (unpaired) electrons. The van der Waals surface area contributed by atoms with Crippen molar-refractivity contribution in [2.24, 2.45) is 0 Å². The number of quaternary nitrogens is 1. The number of hydrogen-bond acceptors (Lipinski definition) is 3. The maximum atomic E-state index is 3.46. The van der Waals surface area contributed by atoms with Crippen molar-refractivity contribution in [3.8, 4) is 0 Å². The second-order valence-electron chi connectivity index (χ2n) is 7.33. The Bertz CT molecular complexity index is 1070. The van der Waals surface area contributed by atoms with Gasteiger partial charge in [-0.05, 0) is 79.7 Å². The molecule has 0 heterocycles. The molecule has 0 aliphatic carbocycles. The van der Waals surface area contributed by atoms with Gasteiger partial charge in [-0.2, -0.15) is 0 Å². The summed E-state index contributed by atoms with van der Waals surface area (Å²) in [5.41, 5.74) is 9.03. The second-order valence-corrected chi connectivity index (χ2v) is 7.33. The molecule has 0 unspecified atom stereocenters. The topological polar surface area (TPSA) is 52.7 Å². The van der Waals surface area contributed by atoms with Gasteiger partial charge in [-0.3, -0.25) is 5.32 Å². The Morgan fingerprint density at radius 3 is 1.20 bits per heavy atom. The van der Waals surface area contributed by atoms with Crippen LogP contribution in [0.25, 0.3) is 0 Å². The van der Waals surface area contributed by atoms with E-state index in [1.165, 1.54) is 16.9 Å². The highest BCUT2D eigenvalue weighted by Gasteiger charge is 2.02. The van der Waals surface area contributed by atoms with Crippen molar-refractivity contribution in [1.29, 1.82) is 0 Å². The van der Waals surface area contributed by atoms with Gasteiger partial charge in [0.15, 0.2) is 0 Å². The van der Waals surface area contributed by atoms with Crippen LogP contribution in [0.2, 0.25) is 0 Å². The first-order chi connectivity index (χ1) is 14.7. The number of aryl methyl sites for hydroxylation is 1. The summed E-state index contributed by atoms with van der Waals surface area (Å²) in [5, 5.41) is 12.2. The highest BCUT2D eigenvalue weighted by atomic mass is 14.9. The van der Waals surface area contributed by atoms with Crippen molar-refractivity contribution < 1.29 is 5.32 Å². The van der Waals surface area contributed by atoms with Crippen molar-refractivity contribution in [2.75, 3.05) is 23.0 Å². The Kier molecular flexibility index (Phi) is 5.97. The Morgan fingerprint density at radius 1 is 0.467 bits per heavy atom. The van der Waals surface area contributed by atoms with E-state index in [-0.39, 0.29) is 0 Å². The zero-order valence-corrected chi connectivity index (χ0v) is 17.3. The van der Waals surface area contributed by atoms with E-state index >= 15 is 0 Å². The zero-order valence-electron chi connectivity index (χ0n) is 17.3. The van der Waals surface area contributed by atoms with Gasteiger partial charge in [-0.1, -0.05) is 17.7 Å². The quantitative estimate of drug-likeness (QED) is 0.288. The first-order valence-corrected chi connectivity index (χ1v) is 10.1. The third kappa shape index (κ3) is 5.19. The summed E-state index contributed by atoms with van der Waals surface area (Å²) >= 11 is 0. The standard InChI is InChI=1S/C26H26N4/c1-19-3-5-21(6-4-19)28-23-11-13-25(14-12-23)30-26-17-15-24(16-18-26)29-22-9-7-20(27-2)8-10-22/h3-18,27-30H,1-2H3/p+1. The molecule has 0 aliphatic heterocycles. The Balaban J connectivity index is 1.35. The number of hydrogen-bond donors (Lipinski definition) is 4.